The largest absolute Gasteiger partial charge is 0.422 e. The summed E-state index contributed by atoms with van der Waals surface area (Å²) in [5.41, 5.74) is 0.698. The van der Waals surface area contributed by atoms with E-state index < -0.39 is 11.7 Å². The first-order chi connectivity index (χ1) is 12.7. The van der Waals surface area contributed by atoms with E-state index in [0.29, 0.717) is 11.1 Å². The Hall–Kier alpha value is -3.40. The molecule has 0 spiro atoms. The highest BCUT2D eigenvalue weighted by molar-refractivity contribution is 6.05. The van der Waals surface area contributed by atoms with Crippen LogP contribution >= 0.6 is 0 Å². The summed E-state index contributed by atoms with van der Waals surface area (Å²) in [7, 11) is 0. The molecule has 3 aromatic rings. The highest BCUT2D eigenvalue weighted by atomic mass is 16.6. The molecule has 0 bridgehead atoms. The fraction of sp³-hybridized carbons (Fsp3) is 0.0909. The van der Waals surface area contributed by atoms with Crippen LogP contribution in [0.5, 0.6) is 0 Å². The molecule has 1 saturated heterocycles. The van der Waals surface area contributed by atoms with Gasteiger partial charge in [0.05, 0.1) is 6.54 Å². The molecule has 0 aromatic heterocycles. The van der Waals surface area contributed by atoms with Gasteiger partial charge < -0.3 is 4.74 Å². The van der Waals surface area contributed by atoms with Crippen molar-refractivity contribution in [1.82, 2.24) is 4.90 Å². The molecule has 0 saturated carbocycles. The molecule has 3 aromatic carbocycles. The van der Waals surface area contributed by atoms with E-state index in [9.17, 15) is 9.59 Å². The van der Waals surface area contributed by atoms with Crippen LogP contribution < -0.4 is 0 Å². The van der Waals surface area contributed by atoms with Gasteiger partial charge in [-0.05, 0) is 5.56 Å². The Morgan fingerprint density at radius 2 is 1.15 bits per heavy atom. The van der Waals surface area contributed by atoms with Crippen molar-refractivity contribution in [3.8, 4) is 0 Å². The highest BCUT2D eigenvalue weighted by Crippen LogP contribution is 2.41. The Morgan fingerprint density at radius 1 is 0.692 bits per heavy atom. The first-order valence-electron chi connectivity index (χ1n) is 8.42. The molecule has 2 amide bonds. The van der Waals surface area contributed by atoms with Gasteiger partial charge in [0.25, 0.3) is 5.91 Å². The van der Waals surface area contributed by atoms with E-state index in [2.05, 4.69) is 0 Å². The van der Waals surface area contributed by atoms with Crippen molar-refractivity contribution < 1.29 is 14.3 Å². The summed E-state index contributed by atoms with van der Waals surface area (Å²) >= 11 is 0. The van der Waals surface area contributed by atoms with Gasteiger partial charge in [-0.15, -0.1) is 0 Å². The number of hydrogen-bond acceptors (Lipinski definition) is 3. The molecule has 1 aliphatic rings. The number of ether oxygens (including phenoxy) is 1. The van der Waals surface area contributed by atoms with Crippen LogP contribution in [0.3, 0.4) is 0 Å². The van der Waals surface area contributed by atoms with Gasteiger partial charge in [-0.25, -0.2) is 9.69 Å². The van der Waals surface area contributed by atoms with Gasteiger partial charge in [-0.3, -0.25) is 4.79 Å². The second kappa shape index (κ2) is 6.48. The Bertz CT molecular complexity index is 884. The molecular formula is C22H17NO3. The van der Waals surface area contributed by atoms with Crippen molar-refractivity contribution in [3.05, 3.63) is 108 Å². The van der Waals surface area contributed by atoms with Gasteiger partial charge >= 0.3 is 6.09 Å². The maximum Gasteiger partial charge on any atom is 0.418 e. The van der Waals surface area contributed by atoms with Crippen molar-refractivity contribution in [2.75, 3.05) is 0 Å². The number of carbonyl (C=O) groups is 2. The van der Waals surface area contributed by atoms with Crippen molar-refractivity contribution in [2.24, 2.45) is 0 Å². The first kappa shape index (κ1) is 16.1. The summed E-state index contributed by atoms with van der Waals surface area (Å²) in [5.74, 6) is -0.372. The maximum absolute atomic E-state index is 13.4. The molecule has 0 N–H and O–H groups in total. The van der Waals surface area contributed by atoms with E-state index in [-0.39, 0.29) is 12.5 Å². The third kappa shape index (κ3) is 2.56. The third-order valence-corrected chi connectivity index (χ3v) is 4.55. The van der Waals surface area contributed by atoms with Gasteiger partial charge in [0, 0.05) is 11.1 Å². The van der Waals surface area contributed by atoms with Crippen LogP contribution in [0.15, 0.2) is 91.0 Å². The lowest BCUT2D eigenvalue weighted by molar-refractivity contribution is -0.135. The predicted octanol–water partition coefficient (Wildman–Crippen LogP) is 4.11. The normalized spacial score (nSPS) is 15.8. The summed E-state index contributed by atoms with van der Waals surface area (Å²) in [4.78, 5) is 27.2. The molecule has 26 heavy (non-hydrogen) atoms. The van der Waals surface area contributed by atoms with Crippen molar-refractivity contribution in [2.45, 2.75) is 12.1 Å². The summed E-state index contributed by atoms with van der Waals surface area (Å²) < 4.78 is 5.76. The SMILES string of the molecule is O=C1OC(c2ccccc2)(c2ccccc2)C(=O)N1Cc1ccccc1. The van der Waals surface area contributed by atoms with Crippen LogP contribution in [0.4, 0.5) is 4.79 Å². The molecule has 1 heterocycles. The van der Waals surface area contributed by atoms with Gasteiger partial charge in [0.2, 0.25) is 5.60 Å². The Balaban J connectivity index is 1.80. The zero-order valence-corrected chi connectivity index (χ0v) is 14.0. The summed E-state index contributed by atoms with van der Waals surface area (Å²) in [5, 5.41) is 0. The van der Waals surface area contributed by atoms with Gasteiger partial charge in [0.1, 0.15) is 0 Å². The molecule has 128 valence electrons. The van der Waals surface area contributed by atoms with Crippen molar-refractivity contribution in [3.63, 3.8) is 0 Å². The second-order valence-corrected chi connectivity index (χ2v) is 6.16. The fourth-order valence-corrected chi connectivity index (χ4v) is 3.28. The van der Waals surface area contributed by atoms with Crippen molar-refractivity contribution in [1.29, 1.82) is 0 Å². The van der Waals surface area contributed by atoms with E-state index in [1.165, 1.54) is 4.90 Å². The average Bonchev–Trinajstić information content (AvgIpc) is 2.96. The third-order valence-electron chi connectivity index (χ3n) is 4.55. The lowest BCUT2D eigenvalue weighted by Gasteiger charge is -2.26. The molecule has 4 heteroatoms. The van der Waals surface area contributed by atoms with E-state index in [4.69, 9.17) is 4.74 Å². The van der Waals surface area contributed by atoms with Crippen LogP contribution in [0, 0.1) is 0 Å². The number of nitrogens with zero attached hydrogens (tertiary/aromatic N) is 1. The van der Waals surface area contributed by atoms with E-state index in [1.54, 1.807) is 0 Å². The molecule has 4 nitrogen and oxygen atoms in total. The summed E-state index contributed by atoms with van der Waals surface area (Å²) in [6.07, 6.45) is -0.633. The molecule has 0 unspecified atom stereocenters. The number of benzene rings is 3. The number of carbonyl (C=O) groups excluding carboxylic acids is 2. The Kier molecular flexibility index (Phi) is 4.01. The summed E-state index contributed by atoms with van der Waals surface area (Å²) in [6, 6.07) is 27.7. The van der Waals surface area contributed by atoms with Crippen LogP contribution in [0.2, 0.25) is 0 Å². The second-order valence-electron chi connectivity index (χ2n) is 6.16. The van der Waals surface area contributed by atoms with E-state index in [0.717, 1.165) is 5.56 Å². The van der Waals surface area contributed by atoms with Crippen molar-refractivity contribution >= 4 is 12.0 Å². The lowest BCUT2D eigenvalue weighted by atomic mass is 9.85. The minimum absolute atomic E-state index is 0.180. The molecule has 0 radical (unpaired) electrons. The number of amides is 2. The number of rotatable bonds is 4. The van der Waals surface area contributed by atoms with E-state index in [1.807, 2.05) is 91.0 Å². The van der Waals surface area contributed by atoms with Crippen LogP contribution in [0.1, 0.15) is 16.7 Å². The molecule has 0 atom stereocenters. The van der Waals surface area contributed by atoms with Gasteiger partial charge in [-0.1, -0.05) is 91.0 Å². The quantitative estimate of drug-likeness (QED) is 0.716. The highest BCUT2D eigenvalue weighted by Gasteiger charge is 2.56. The standard InChI is InChI=1S/C22H17NO3/c24-20-22(18-12-6-2-7-13-18,19-14-8-3-9-15-19)26-21(25)23(20)16-17-10-4-1-5-11-17/h1-15H,16H2. The minimum Gasteiger partial charge on any atom is -0.422 e. The molecule has 4 rings (SSSR count). The number of imide groups is 1. The molecule has 0 aliphatic carbocycles. The summed E-state index contributed by atoms with van der Waals surface area (Å²) in [6.45, 7) is 0.180. The lowest BCUT2D eigenvalue weighted by Crippen LogP contribution is -2.39. The first-order valence-corrected chi connectivity index (χ1v) is 8.42. The topological polar surface area (TPSA) is 46.6 Å². The molecular weight excluding hydrogens is 326 g/mol. The zero-order valence-electron chi connectivity index (χ0n) is 14.0. The minimum atomic E-state index is -1.45. The van der Waals surface area contributed by atoms with Gasteiger partial charge in [-0.2, -0.15) is 0 Å². The average molecular weight is 343 g/mol. The van der Waals surface area contributed by atoms with Crippen LogP contribution in [-0.2, 0) is 21.7 Å². The van der Waals surface area contributed by atoms with Gasteiger partial charge in [0.15, 0.2) is 0 Å². The predicted molar refractivity (Wildman–Crippen MR) is 97.1 cm³/mol. The number of cyclic esters (lactones) is 1. The Morgan fingerprint density at radius 3 is 1.65 bits per heavy atom. The fourth-order valence-electron chi connectivity index (χ4n) is 3.28. The zero-order chi connectivity index (χ0) is 18.0. The monoisotopic (exact) mass is 343 g/mol. The maximum atomic E-state index is 13.4. The smallest absolute Gasteiger partial charge is 0.418 e. The molecule has 1 fully saturated rings. The Labute approximate surface area is 151 Å². The number of hydrogen-bond donors (Lipinski definition) is 0. The van der Waals surface area contributed by atoms with Crippen LogP contribution in [-0.4, -0.2) is 16.9 Å². The van der Waals surface area contributed by atoms with E-state index >= 15 is 0 Å². The van der Waals surface area contributed by atoms with Crippen LogP contribution in [0.25, 0.3) is 0 Å². The molecule has 1 aliphatic heterocycles.